The second kappa shape index (κ2) is 9.85. The number of carbonyl (C=O) groups excluding carboxylic acids is 2. The summed E-state index contributed by atoms with van der Waals surface area (Å²) in [6.07, 6.45) is 0. The Kier molecular flexibility index (Phi) is 6.98. The highest BCUT2D eigenvalue weighted by molar-refractivity contribution is 9.10. The first kappa shape index (κ1) is 22.0. The summed E-state index contributed by atoms with van der Waals surface area (Å²) in [7, 11) is 0. The summed E-state index contributed by atoms with van der Waals surface area (Å²) < 4.78 is 11.1. The molecule has 11 heteroatoms. The lowest BCUT2D eigenvalue weighted by molar-refractivity contribution is -0.384. The van der Waals surface area contributed by atoms with E-state index in [1.54, 1.807) is 6.92 Å². The molecule has 10 nitrogen and oxygen atoms in total. The molecule has 0 spiro atoms. The van der Waals surface area contributed by atoms with Crippen LogP contribution in [-0.4, -0.2) is 40.2 Å². The molecule has 2 N–H and O–H groups in total. The van der Waals surface area contributed by atoms with Crippen LogP contribution in [0.4, 0.5) is 11.4 Å². The summed E-state index contributed by atoms with van der Waals surface area (Å²) >= 11 is 3.34. The Morgan fingerprint density at radius 2 is 1.94 bits per heavy atom. The lowest BCUT2D eigenvalue weighted by atomic mass is 10.1. The van der Waals surface area contributed by atoms with Crippen molar-refractivity contribution >= 4 is 39.2 Å². The maximum Gasteiger partial charge on any atom is 0.356 e. The van der Waals surface area contributed by atoms with Gasteiger partial charge in [0.25, 0.3) is 11.6 Å². The average molecular weight is 489 g/mol. The van der Waals surface area contributed by atoms with E-state index in [0.29, 0.717) is 18.1 Å². The van der Waals surface area contributed by atoms with Crippen molar-refractivity contribution in [3.8, 4) is 17.0 Å². The number of carbonyl (C=O) groups is 2. The van der Waals surface area contributed by atoms with Gasteiger partial charge >= 0.3 is 5.97 Å². The summed E-state index contributed by atoms with van der Waals surface area (Å²) in [6.45, 7) is 1.46. The van der Waals surface area contributed by atoms with E-state index >= 15 is 0 Å². The van der Waals surface area contributed by atoms with E-state index in [2.05, 4.69) is 31.4 Å². The van der Waals surface area contributed by atoms with Crippen LogP contribution in [0.3, 0.4) is 0 Å². The van der Waals surface area contributed by atoms with E-state index in [-0.39, 0.29) is 17.1 Å². The Labute approximate surface area is 184 Å². The maximum absolute atomic E-state index is 12.2. The number of hydrogen-bond acceptors (Lipinski definition) is 7. The van der Waals surface area contributed by atoms with Crippen molar-refractivity contribution in [3.05, 3.63) is 68.8 Å². The summed E-state index contributed by atoms with van der Waals surface area (Å²) in [5, 5.41) is 20.2. The topological polar surface area (TPSA) is 136 Å². The molecule has 3 aromatic rings. The first-order chi connectivity index (χ1) is 14.9. The van der Waals surface area contributed by atoms with Crippen molar-refractivity contribution in [2.24, 2.45) is 0 Å². The van der Waals surface area contributed by atoms with Gasteiger partial charge in [-0.2, -0.15) is 5.10 Å². The Balaban J connectivity index is 1.60. The van der Waals surface area contributed by atoms with Crippen LogP contribution >= 0.6 is 15.9 Å². The van der Waals surface area contributed by atoms with Gasteiger partial charge in [-0.05, 0) is 37.3 Å². The summed E-state index contributed by atoms with van der Waals surface area (Å²) in [6, 6.07) is 12.9. The molecule has 160 valence electrons. The van der Waals surface area contributed by atoms with Crippen molar-refractivity contribution in [2.75, 3.05) is 18.5 Å². The summed E-state index contributed by atoms with van der Waals surface area (Å²) in [5.74, 6) is -1.21. The third-order valence-electron chi connectivity index (χ3n) is 4.02. The van der Waals surface area contributed by atoms with Crippen molar-refractivity contribution in [2.45, 2.75) is 6.92 Å². The van der Waals surface area contributed by atoms with Gasteiger partial charge < -0.3 is 14.8 Å². The average Bonchev–Trinajstić information content (AvgIpc) is 3.24. The van der Waals surface area contributed by atoms with Crippen molar-refractivity contribution in [1.82, 2.24) is 10.2 Å². The number of nitrogens with one attached hydrogen (secondary N) is 2. The molecule has 31 heavy (non-hydrogen) atoms. The molecule has 1 heterocycles. The third-order valence-corrected chi connectivity index (χ3v) is 4.55. The number of nitrogens with zero attached hydrogens (tertiary/aromatic N) is 2. The van der Waals surface area contributed by atoms with E-state index in [9.17, 15) is 19.7 Å². The van der Waals surface area contributed by atoms with Gasteiger partial charge in [0.05, 0.1) is 23.3 Å². The smallest absolute Gasteiger partial charge is 0.356 e. The minimum absolute atomic E-state index is 0.0337. The van der Waals surface area contributed by atoms with E-state index in [1.807, 2.05) is 24.3 Å². The number of esters is 1. The Morgan fingerprint density at radius 1 is 1.19 bits per heavy atom. The molecule has 0 aliphatic rings. The lowest BCUT2D eigenvalue weighted by Crippen LogP contribution is -2.21. The van der Waals surface area contributed by atoms with Crippen LogP contribution in [0.25, 0.3) is 11.3 Å². The molecule has 3 rings (SSSR count). The Morgan fingerprint density at radius 3 is 2.61 bits per heavy atom. The molecular formula is C20H17BrN4O6. The first-order valence-electron chi connectivity index (χ1n) is 9.07. The number of rotatable bonds is 8. The molecule has 0 bridgehead atoms. The van der Waals surface area contributed by atoms with Gasteiger partial charge in [0, 0.05) is 10.0 Å². The number of nitro benzene ring substituents is 1. The van der Waals surface area contributed by atoms with E-state index in [4.69, 9.17) is 9.47 Å². The molecule has 0 saturated carbocycles. The number of aromatic nitrogens is 2. The zero-order chi connectivity index (χ0) is 22.4. The number of aromatic amines is 1. The van der Waals surface area contributed by atoms with Gasteiger partial charge in [-0.3, -0.25) is 20.0 Å². The number of hydrogen-bond donors (Lipinski definition) is 2. The first-order valence-corrected chi connectivity index (χ1v) is 9.86. The standard InChI is InChI=1S/C20H17BrN4O6/c1-2-30-14-7-8-15(18(9-14)25(28)29)22-19(26)11-31-20(27)17-10-16(23-24-17)12-3-5-13(21)6-4-12/h3-10H,2,11H2,1H3,(H,22,26)(H,23,24). The van der Waals surface area contributed by atoms with Crippen LogP contribution in [-0.2, 0) is 9.53 Å². The Bertz CT molecular complexity index is 1110. The predicted octanol–water partition coefficient (Wildman–Crippen LogP) is 3.94. The molecule has 0 aliphatic carbocycles. The van der Waals surface area contributed by atoms with E-state index < -0.39 is 23.4 Å². The van der Waals surface area contributed by atoms with Crippen LogP contribution < -0.4 is 10.1 Å². The fourth-order valence-electron chi connectivity index (χ4n) is 2.61. The Hall–Kier alpha value is -3.73. The van der Waals surface area contributed by atoms with Crippen LogP contribution in [0, 0.1) is 10.1 Å². The van der Waals surface area contributed by atoms with E-state index in [0.717, 1.165) is 10.0 Å². The molecule has 0 fully saturated rings. The normalized spacial score (nSPS) is 10.4. The zero-order valence-electron chi connectivity index (χ0n) is 16.3. The van der Waals surface area contributed by atoms with Crippen LogP contribution in [0.5, 0.6) is 5.75 Å². The number of amides is 1. The number of nitro groups is 1. The van der Waals surface area contributed by atoms with Crippen LogP contribution in [0.2, 0.25) is 0 Å². The minimum atomic E-state index is -0.785. The second-order valence-corrected chi connectivity index (χ2v) is 7.08. The summed E-state index contributed by atoms with van der Waals surface area (Å²) in [4.78, 5) is 34.9. The SMILES string of the molecule is CCOc1ccc(NC(=O)COC(=O)c2cc(-c3ccc(Br)cc3)n[nH]2)c([N+](=O)[O-])c1. The second-order valence-electron chi connectivity index (χ2n) is 6.17. The lowest BCUT2D eigenvalue weighted by Gasteiger charge is -2.08. The third kappa shape index (κ3) is 5.66. The quantitative estimate of drug-likeness (QED) is 0.278. The monoisotopic (exact) mass is 488 g/mol. The highest BCUT2D eigenvalue weighted by Gasteiger charge is 2.19. The van der Waals surface area contributed by atoms with Crippen molar-refractivity contribution in [3.63, 3.8) is 0 Å². The fraction of sp³-hybridized carbons (Fsp3) is 0.150. The highest BCUT2D eigenvalue weighted by atomic mass is 79.9. The molecule has 1 aromatic heterocycles. The molecule has 1 amide bonds. The molecule has 2 aromatic carbocycles. The molecule has 0 atom stereocenters. The van der Waals surface area contributed by atoms with E-state index in [1.165, 1.54) is 24.3 Å². The fourth-order valence-corrected chi connectivity index (χ4v) is 2.88. The van der Waals surface area contributed by atoms with Crippen molar-refractivity contribution < 1.29 is 24.0 Å². The summed E-state index contributed by atoms with van der Waals surface area (Å²) in [5.41, 5.74) is 1.03. The van der Waals surface area contributed by atoms with Gasteiger partial charge in [0.2, 0.25) is 0 Å². The van der Waals surface area contributed by atoms with Gasteiger partial charge in [0.15, 0.2) is 6.61 Å². The number of ether oxygens (including phenoxy) is 2. The molecular weight excluding hydrogens is 472 g/mol. The molecule has 0 unspecified atom stereocenters. The number of halogens is 1. The number of benzene rings is 2. The van der Waals surface area contributed by atoms with Crippen LogP contribution in [0.15, 0.2) is 53.0 Å². The molecule has 0 saturated heterocycles. The maximum atomic E-state index is 12.2. The predicted molar refractivity (Wildman–Crippen MR) is 115 cm³/mol. The largest absolute Gasteiger partial charge is 0.494 e. The molecule has 0 radical (unpaired) electrons. The van der Waals surface area contributed by atoms with Crippen LogP contribution in [0.1, 0.15) is 17.4 Å². The van der Waals surface area contributed by atoms with Gasteiger partial charge in [0.1, 0.15) is 17.1 Å². The van der Waals surface area contributed by atoms with Gasteiger partial charge in [-0.1, -0.05) is 28.1 Å². The van der Waals surface area contributed by atoms with Gasteiger partial charge in [-0.15, -0.1) is 0 Å². The minimum Gasteiger partial charge on any atom is -0.494 e. The van der Waals surface area contributed by atoms with Crippen molar-refractivity contribution in [1.29, 1.82) is 0 Å². The van der Waals surface area contributed by atoms with Gasteiger partial charge in [-0.25, -0.2) is 4.79 Å². The number of anilines is 1. The zero-order valence-corrected chi connectivity index (χ0v) is 17.8. The molecule has 0 aliphatic heterocycles. The number of H-pyrrole nitrogens is 1. The highest BCUT2D eigenvalue weighted by Crippen LogP contribution is 2.29.